The number of halogens is 2. The first-order valence-corrected chi connectivity index (χ1v) is 6.61. The van der Waals surface area contributed by atoms with Crippen LogP contribution in [-0.4, -0.2) is 11.5 Å². The van der Waals surface area contributed by atoms with E-state index in [1.54, 1.807) is 12.3 Å². The number of aromatic nitrogens is 1. The Kier molecular flexibility index (Phi) is 4.45. The molecule has 2 nitrogen and oxygen atoms in total. The minimum Gasteiger partial charge on any atom is -0.385 e. The number of nitrogens with zero attached hydrogens (tertiary/aromatic N) is 1. The highest BCUT2D eigenvalue weighted by atomic mass is 35.5. The molecule has 1 aromatic heterocycles. The molecule has 0 bridgehead atoms. The van der Waals surface area contributed by atoms with E-state index < -0.39 is 0 Å². The van der Waals surface area contributed by atoms with E-state index in [0.717, 1.165) is 29.9 Å². The molecule has 0 radical (unpaired) electrons. The highest BCUT2D eigenvalue weighted by molar-refractivity contribution is 6.35. The maximum absolute atomic E-state index is 6.00. The molecule has 1 aromatic carbocycles. The van der Waals surface area contributed by atoms with Gasteiger partial charge in [0.05, 0.1) is 5.69 Å². The highest BCUT2D eigenvalue weighted by Gasteiger charge is 2.03. The van der Waals surface area contributed by atoms with Gasteiger partial charge in [0.25, 0.3) is 0 Å². The molecule has 94 valence electrons. The van der Waals surface area contributed by atoms with Crippen LogP contribution in [-0.2, 0) is 0 Å². The van der Waals surface area contributed by atoms with E-state index in [1.165, 1.54) is 0 Å². The van der Waals surface area contributed by atoms with Gasteiger partial charge in [0, 0.05) is 34.0 Å². The van der Waals surface area contributed by atoms with Crippen molar-refractivity contribution < 1.29 is 0 Å². The van der Waals surface area contributed by atoms with Crippen molar-refractivity contribution >= 4 is 28.9 Å². The van der Waals surface area contributed by atoms with Gasteiger partial charge in [-0.15, -0.1) is 0 Å². The fourth-order valence-electron chi connectivity index (χ4n) is 1.67. The number of anilines is 1. The molecule has 0 spiro atoms. The van der Waals surface area contributed by atoms with Crippen molar-refractivity contribution in [2.45, 2.75) is 13.3 Å². The van der Waals surface area contributed by atoms with Gasteiger partial charge < -0.3 is 5.32 Å². The lowest BCUT2D eigenvalue weighted by Gasteiger charge is -2.07. The number of nitrogens with one attached hydrogen (secondary N) is 1. The molecule has 0 aliphatic carbocycles. The van der Waals surface area contributed by atoms with Gasteiger partial charge in [-0.1, -0.05) is 30.1 Å². The summed E-state index contributed by atoms with van der Waals surface area (Å²) in [5.74, 6) is 0. The smallest absolute Gasteiger partial charge is 0.0723 e. The number of hydrogen-bond donors (Lipinski definition) is 1. The zero-order valence-corrected chi connectivity index (χ0v) is 11.6. The first-order valence-electron chi connectivity index (χ1n) is 5.85. The van der Waals surface area contributed by atoms with E-state index >= 15 is 0 Å². The molecular weight excluding hydrogens is 267 g/mol. The quantitative estimate of drug-likeness (QED) is 0.864. The Labute approximate surface area is 117 Å². The largest absolute Gasteiger partial charge is 0.385 e. The molecule has 2 rings (SSSR count). The average Bonchev–Trinajstić information content (AvgIpc) is 2.35. The molecular formula is C14H14Cl2N2. The topological polar surface area (TPSA) is 24.9 Å². The maximum atomic E-state index is 6.00. The maximum Gasteiger partial charge on any atom is 0.0723 e. The van der Waals surface area contributed by atoms with Crippen LogP contribution < -0.4 is 5.32 Å². The predicted octanol–water partition coefficient (Wildman–Crippen LogP) is 4.88. The minimum atomic E-state index is 0.617. The van der Waals surface area contributed by atoms with Crippen LogP contribution in [0.25, 0.3) is 11.3 Å². The van der Waals surface area contributed by atoms with Gasteiger partial charge in [-0.2, -0.15) is 0 Å². The second-order valence-electron chi connectivity index (χ2n) is 4.01. The lowest BCUT2D eigenvalue weighted by atomic mass is 10.1. The SMILES string of the molecule is CCCNc1ccnc(-c2cc(Cl)cc(Cl)c2)c1. The molecule has 0 atom stereocenters. The van der Waals surface area contributed by atoms with Crippen molar-refractivity contribution in [2.75, 3.05) is 11.9 Å². The third kappa shape index (κ3) is 3.37. The van der Waals surface area contributed by atoms with E-state index in [4.69, 9.17) is 23.2 Å². The summed E-state index contributed by atoms with van der Waals surface area (Å²) in [6, 6.07) is 9.38. The van der Waals surface area contributed by atoms with Gasteiger partial charge in [0.1, 0.15) is 0 Å². The summed E-state index contributed by atoms with van der Waals surface area (Å²) >= 11 is 12.0. The molecule has 0 saturated carbocycles. The lowest BCUT2D eigenvalue weighted by molar-refractivity contribution is 0.979. The van der Waals surface area contributed by atoms with Crippen LogP contribution in [0.4, 0.5) is 5.69 Å². The van der Waals surface area contributed by atoms with E-state index in [0.29, 0.717) is 10.0 Å². The zero-order chi connectivity index (χ0) is 13.0. The first kappa shape index (κ1) is 13.2. The van der Waals surface area contributed by atoms with Crippen molar-refractivity contribution in [3.63, 3.8) is 0 Å². The second-order valence-corrected chi connectivity index (χ2v) is 4.89. The molecule has 4 heteroatoms. The van der Waals surface area contributed by atoms with Gasteiger partial charge in [-0.3, -0.25) is 4.98 Å². The molecule has 1 N–H and O–H groups in total. The third-order valence-corrected chi connectivity index (χ3v) is 2.93. The predicted molar refractivity (Wildman–Crippen MR) is 78.5 cm³/mol. The third-order valence-electron chi connectivity index (χ3n) is 2.50. The summed E-state index contributed by atoms with van der Waals surface area (Å²) in [5.41, 5.74) is 2.84. The van der Waals surface area contributed by atoms with Crippen LogP contribution in [0.15, 0.2) is 36.5 Å². The molecule has 0 aliphatic rings. The van der Waals surface area contributed by atoms with Gasteiger partial charge in [0.2, 0.25) is 0 Å². The molecule has 0 fully saturated rings. The zero-order valence-electron chi connectivity index (χ0n) is 10.1. The normalized spacial score (nSPS) is 10.4. The Balaban J connectivity index is 2.32. The van der Waals surface area contributed by atoms with Crippen molar-refractivity contribution in [2.24, 2.45) is 0 Å². The molecule has 18 heavy (non-hydrogen) atoms. The van der Waals surface area contributed by atoms with Crippen LogP contribution in [0, 0.1) is 0 Å². The molecule has 1 heterocycles. The molecule has 2 aromatic rings. The van der Waals surface area contributed by atoms with Gasteiger partial charge in [-0.25, -0.2) is 0 Å². The Bertz CT molecular complexity index is 521. The summed E-state index contributed by atoms with van der Waals surface area (Å²) in [7, 11) is 0. The summed E-state index contributed by atoms with van der Waals surface area (Å²) in [4.78, 5) is 4.34. The summed E-state index contributed by atoms with van der Waals surface area (Å²) in [6.07, 6.45) is 2.86. The van der Waals surface area contributed by atoms with Crippen LogP contribution in [0.3, 0.4) is 0 Å². The van der Waals surface area contributed by atoms with Crippen LogP contribution >= 0.6 is 23.2 Å². The van der Waals surface area contributed by atoms with E-state index in [9.17, 15) is 0 Å². The summed E-state index contributed by atoms with van der Waals surface area (Å²) in [6.45, 7) is 3.07. The lowest BCUT2D eigenvalue weighted by Crippen LogP contribution is -1.99. The van der Waals surface area contributed by atoms with Crippen molar-refractivity contribution in [1.29, 1.82) is 0 Å². The Hall–Kier alpha value is -1.25. The standard InChI is InChI=1S/C14H14Cl2N2/c1-2-4-17-13-3-5-18-14(9-13)10-6-11(15)8-12(16)7-10/h3,5-9H,2,4H2,1H3,(H,17,18). The van der Waals surface area contributed by atoms with Crippen molar-refractivity contribution in [3.8, 4) is 11.3 Å². The average molecular weight is 281 g/mol. The highest BCUT2D eigenvalue weighted by Crippen LogP contribution is 2.27. The number of rotatable bonds is 4. The van der Waals surface area contributed by atoms with Crippen molar-refractivity contribution in [1.82, 2.24) is 4.98 Å². The van der Waals surface area contributed by atoms with Crippen molar-refractivity contribution in [3.05, 3.63) is 46.6 Å². The number of benzene rings is 1. The summed E-state index contributed by atoms with van der Waals surface area (Å²) < 4.78 is 0. The van der Waals surface area contributed by atoms with E-state index in [-0.39, 0.29) is 0 Å². The first-order chi connectivity index (χ1) is 8.69. The molecule has 0 aliphatic heterocycles. The van der Waals surface area contributed by atoms with Gasteiger partial charge in [0.15, 0.2) is 0 Å². The Morgan fingerprint density at radius 3 is 2.50 bits per heavy atom. The van der Waals surface area contributed by atoms with E-state index in [2.05, 4.69) is 17.2 Å². The number of hydrogen-bond acceptors (Lipinski definition) is 2. The number of pyridine rings is 1. The van der Waals surface area contributed by atoms with E-state index in [1.807, 2.05) is 24.3 Å². The van der Waals surface area contributed by atoms with Crippen LogP contribution in [0.2, 0.25) is 10.0 Å². The van der Waals surface area contributed by atoms with Gasteiger partial charge >= 0.3 is 0 Å². The second kappa shape index (κ2) is 6.07. The monoisotopic (exact) mass is 280 g/mol. The fraction of sp³-hybridized carbons (Fsp3) is 0.214. The Morgan fingerprint density at radius 2 is 1.83 bits per heavy atom. The fourth-order valence-corrected chi connectivity index (χ4v) is 2.20. The van der Waals surface area contributed by atoms with Gasteiger partial charge in [-0.05, 0) is 36.8 Å². The molecule has 0 amide bonds. The van der Waals surface area contributed by atoms with Crippen LogP contribution in [0.5, 0.6) is 0 Å². The Morgan fingerprint density at radius 1 is 1.11 bits per heavy atom. The minimum absolute atomic E-state index is 0.617. The molecule has 0 saturated heterocycles. The molecule has 0 unspecified atom stereocenters. The van der Waals surface area contributed by atoms with Crippen LogP contribution in [0.1, 0.15) is 13.3 Å². The summed E-state index contributed by atoms with van der Waals surface area (Å²) in [5, 5.41) is 4.56.